The number of benzene rings is 1. The molecule has 0 unspecified atom stereocenters. The number of fused-ring (bicyclic) bond motifs is 1. The number of unbranched alkanes of at least 4 members (excludes halogenated alkanes) is 1. The van der Waals surface area contributed by atoms with Gasteiger partial charge in [0.25, 0.3) is 0 Å². The number of amides is 1. The molecule has 1 aromatic carbocycles. The number of nitrogens with zero attached hydrogens (tertiary/aromatic N) is 1. The minimum atomic E-state index is -0.866. The number of carbonyl (C=O) groups excluding carboxylic acids is 3. The lowest BCUT2D eigenvalue weighted by molar-refractivity contribution is -0.140. The molecule has 0 spiro atoms. The van der Waals surface area contributed by atoms with Gasteiger partial charge in [-0.25, -0.2) is 9.59 Å². The summed E-state index contributed by atoms with van der Waals surface area (Å²) in [7, 11) is 1.53. The van der Waals surface area contributed by atoms with Crippen molar-refractivity contribution >= 4 is 29.6 Å². The van der Waals surface area contributed by atoms with Crippen LogP contribution < -0.4 is 10.5 Å². The van der Waals surface area contributed by atoms with Crippen molar-refractivity contribution in [2.75, 3.05) is 20.3 Å². The van der Waals surface area contributed by atoms with Crippen molar-refractivity contribution < 1.29 is 28.6 Å². The average Bonchev–Trinajstić information content (AvgIpc) is 3.08. The van der Waals surface area contributed by atoms with E-state index >= 15 is 0 Å². The van der Waals surface area contributed by atoms with Gasteiger partial charge in [0.1, 0.15) is 11.6 Å². The third-order valence-corrected chi connectivity index (χ3v) is 6.44. The van der Waals surface area contributed by atoms with Gasteiger partial charge in [-0.2, -0.15) is 0 Å². The van der Waals surface area contributed by atoms with Gasteiger partial charge >= 0.3 is 11.9 Å². The Balaban J connectivity index is 2.23. The zero-order chi connectivity index (χ0) is 23.4. The fourth-order valence-electron chi connectivity index (χ4n) is 3.68. The normalized spacial score (nSPS) is 20.4. The lowest BCUT2D eigenvalue weighted by Gasteiger charge is -2.33. The van der Waals surface area contributed by atoms with Gasteiger partial charge in [0, 0.05) is 0 Å². The Bertz CT molecular complexity index is 986. The summed E-state index contributed by atoms with van der Waals surface area (Å²) in [5.74, 6) is -1.91. The van der Waals surface area contributed by atoms with Gasteiger partial charge in [-0.15, -0.1) is 0 Å². The fourth-order valence-corrected chi connectivity index (χ4v) is 4.84. The molecule has 2 N–H and O–H groups in total. The van der Waals surface area contributed by atoms with E-state index in [9.17, 15) is 14.4 Å². The Hall–Kier alpha value is -2.94. The number of rotatable bonds is 8. The van der Waals surface area contributed by atoms with E-state index in [1.165, 1.54) is 23.8 Å². The second-order valence-electron chi connectivity index (χ2n) is 7.37. The van der Waals surface area contributed by atoms with Crippen LogP contribution in [0.2, 0.25) is 0 Å². The highest BCUT2D eigenvalue weighted by Crippen LogP contribution is 2.50. The summed E-state index contributed by atoms with van der Waals surface area (Å²) in [5, 5.41) is -0.0780. The van der Waals surface area contributed by atoms with Crippen molar-refractivity contribution in [3.8, 4) is 5.75 Å². The van der Waals surface area contributed by atoms with Gasteiger partial charge in [-0.3, -0.25) is 9.69 Å². The van der Waals surface area contributed by atoms with Crippen LogP contribution in [-0.2, 0) is 23.9 Å². The monoisotopic (exact) mass is 460 g/mol. The van der Waals surface area contributed by atoms with Gasteiger partial charge in [-0.05, 0) is 38.0 Å². The van der Waals surface area contributed by atoms with E-state index in [1.807, 2.05) is 6.92 Å². The maximum atomic E-state index is 13.2. The van der Waals surface area contributed by atoms with Crippen LogP contribution in [0.4, 0.5) is 0 Å². The first-order valence-corrected chi connectivity index (χ1v) is 11.5. The van der Waals surface area contributed by atoms with Crippen molar-refractivity contribution in [2.45, 2.75) is 44.8 Å². The largest absolute Gasteiger partial charge is 0.497 e. The molecular formula is C23H28N2O6S. The number of thioether (sulfide) groups is 1. The third kappa shape index (κ3) is 4.34. The summed E-state index contributed by atoms with van der Waals surface area (Å²) in [6.07, 6.45) is 1.53. The van der Waals surface area contributed by atoms with Crippen molar-refractivity contribution in [1.29, 1.82) is 0 Å². The molecule has 0 saturated carbocycles. The summed E-state index contributed by atoms with van der Waals surface area (Å²) in [6, 6.07) is 7.04. The average molecular weight is 461 g/mol. The molecule has 3 rings (SSSR count). The van der Waals surface area contributed by atoms with Crippen LogP contribution in [0.15, 0.2) is 46.3 Å². The topological polar surface area (TPSA) is 108 Å². The SMILES string of the molecule is CCCCOC(=O)C1=C(N)N2C(=O)[C@@H](C)SC2=C(C(=O)OCC)[C@H]1c1cccc(OC)c1. The van der Waals surface area contributed by atoms with Gasteiger partial charge in [-0.1, -0.05) is 37.2 Å². The van der Waals surface area contributed by atoms with E-state index in [0.29, 0.717) is 22.8 Å². The molecule has 32 heavy (non-hydrogen) atoms. The quantitative estimate of drug-likeness (QED) is 0.466. The van der Waals surface area contributed by atoms with Crippen molar-refractivity contribution in [3.63, 3.8) is 0 Å². The molecular weight excluding hydrogens is 432 g/mol. The number of nitrogens with two attached hydrogens (primary N) is 1. The number of hydrogen-bond donors (Lipinski definition) is 1. The molecule has 1 saturated heterocycles. The number of ether oxygens (including phenoxy) is 3. The van der Waals surface area contributed by atoms with Gasteiger partial charge < -0.3 is 19.9 Å². The molecule has 172 valence electrons. The predicted octanol–water partition coefficient (Wildman–Crippen LogP) is 3.04. The predicted molar refractivity (Wildman–Crippen MR) is 120 cm³/mol. The molecule has 0 bridgehead atoms. The highest BCUT2D eigenvalue weighted by molar-refractivity contribution is 8.04. The fraction of sp³-hybridized carbons (Fsp3) is 0.435. The third-order valence-electron chi connectivity index (χ3n) is 5.26. The number of carbonyl (C=O) groups is 3. The first kappa shape index (κ1) is 23.7. The van der Waals surface area contributed by atoms with Crippen molar-refractivity contribution in [2.24, 2.45) is 5.73 Å². The van der Waals surface area contributed by atoms with Crippen LogP contribution in [0.1, 0.15) is 45.1 Å². The van der Waals surface area contributed by atoms with Crippen LogP contribution in [0.5, 0.6) is 5.75 Å². The lowest BCUT2D eigenvalue weighted by Crippen LogP contribution is -2.40. The van der Waals surface area contributed by atoms with Gasteiger partial charge in [0.15, 0.2) is 0 Å². The summed E-state index contributed by atoms with van der Waals surface area (Å²) >= 11 is 1.22. The van der Waals surface area contributed by atoms with E-state index < -0.39 is 23.1 Å². The van der Waals surface area contributed by atoms with Crippen LogP contribution in [0.25, 0.3) is 0 Å². The Morgan fingerprint density at radius 2 is 1.88 bits per heavy atom. The maximum absolute atomic E-state index is 13.2. The highest BCUT2D eigenvalue weighted by atomic mass is 32.2. The molecule has 2 heterocycles. The molecule has 2 atom stereocenters. The van der Waals surface area contributed by atoms with Gasteiger partial charge in [0.05, 0.1) is 47.7 Å². The Morgan fingerprint density at radius 3 is 2.53 bits per heavy atom. The smallest absolute Gasteiger partial charge is 0.338 e. The molecule has 2 aliphatic rings. The zero-order valence-corrected chi connectivity index (χ0v) is 19.5. The number of methoxy groups -OCH3 is 1. The summed E-state index contributed by atoms with van der Waals surface area (Å²) in [6.45, 7) is 5.76. The Morgan fingerprint density at radius 1 is 1.16 bits per heavy atom. The highest BCUT2D eigenvalue weighted by Gasteiger charge is 2.49. The van der Waals surface area contributed by atoms with E-state index in [1.54, 1.807) is 38.1 Å². The number of esters is 2. The van der Waals surface area contributed by atoms with Crippen LogP contribution in [0, 0.1) is 0 Å². The minimum absolute atomic E-state index is 0.0239. The van der Waals surface area contributed by atoms with E-state index in [2.05, 4.69) is 0 Å². The Labute approximate surface area is 191 Å². The second kappa shape index (κ2) is 10.1. The molecule has 0 radical (unpaired) electrons. The Kier molecular flexibility index (Phi) is 7.50. The summed E-state index contributed by atoms with van der Waals surface area (Å²) < 4.78 is 16.2. The first-order chi connectivity index (χ1) is 15.3. The molecule has 9 heteroatoms. The molecule has 1 amide bonds. The molecule has 8 nitrogen and oxygen atoms in total. The molecule has 1 aromatic rings. The molecule has 0 aromatic heterocycles. The summed E-state index contributed by atoms with van der Waals surface area (Å²) in [5.41, 5.74) is 7.26. The van der Waals surface area contributed by atoms with Crippen LogP contribution >= 0.6 is 11.8 Å². The zero-order valence-electron chi connectivity index (χ0n) is 18.7. The molecule has 0 aliphatic carbocycles. The van der Waals surface area contributed by atoms with Crippen LogP contribution in [0.3, 0.4) is 0 Å². The van der Waals surface area contributed by atoms with E-state index in [-0.39, 0.29) is 36.1 Å². The molecule has 1 fully saturated rings. The van der Waals surface area contributed by atoms with Crippen LogP contribution in [-0.4, -0.2) is 48.3 Å². The standard InChI is InChI=1S/C23H28N2O6S/c1-5-7-11-31-22(27)17-16(14-9-8-10-15(12-14)29-4)18(23(28)30-6-2)21-25(19(17)24)20(26)13(3)32-21/h8-10,12-13,16H,5-7,11,24H2,1-4H3/t13-,16+/m1/s1. The van der Waals surface area contributed by atoms with E-state index in [0.717, 1.165) is 6.42 Å². The minimum Gasteiger partial charge on any atom is -0.497 e. The van der Waals surface area contributed by atoms with Crippen molar-refractivity contribution in [3.05, 3.63) is 51.8 Å². The van der Waals surface area contributed by atoms with E-state index in [4.69, 9.17) is 19.9 Å². The van der Waals surface area contributed by atoms with Crippen molar-refractivity contribution in [1.82, 2.24) is 4.90 Å². The second-order valence-corrected chi connectivity index (χ2v) is 8.70. The number of hydrogen-bond acceptors (Lipinski definition) is 8. The maximum Gasteiger partial charge on any atom is 0.338 e. The summed E-state index contributed by atoms with van der Waals surface area (Å²) in [4.78, 5) is 40.5. The lowest BCUT2D eigenvalue weighted by atomic mass is 9.82. The molecule has 2 aliphatic heterocycles. The first-order valence-electron chi connectivity index (χ1n) is 10.6. The van der Waals surface area contributed by atoms with Gasteiger partial charge in [0.2, 0.25) is 5.91 Å².